The van der Waals surface area contributed by atoms with Crippen molar-refractivity contribution in [3.63, 3.8) is 0 Å². The van der Waals surface area contributed by atoms with Crippen LogP contribution >= 0.6 is 22.7 Å². The maximum atomic E-state index is 12.7. The molecule has 0 aliphatic rings. The van der Waals surface area contributed by atoms with Gasteiger partial charge in [0, 0.05) is 41.6 Å². The first-order valence-electron chi connectivity index (χ1n) is 7.83. The predicted octanol–water partition coefficient (Wildman–Crippen LogP) is 3.52. The first-order valence-corrected chi connectivity index (χ1v) is 10.7. The van der Waals surface area contributed by atoms with E-state index in [1.165, 1.54) is 22.7 Å². The molecule has 2 N–H and O–H groups in total. The molecule has 0 saturated carbocycles. The van der Waals surface area contributed by atoms with Gasteiger partial charge >= 0.3 is 0 Å². The van der Waals surface area contributed by atoms with Crippen molar-refractivity contribution < 1.29 is 4.55 Å². The first kappa shape index (κ1) is 17.3. The molecule has 0 saturated heterocycles. The van der Waals surface area contributed by atoms with Crippen LogP contribution in [0.1, 0.15) is 13.8 Å². The van der Waals surface area contributed by atoms with E-state index >= 15 is 0 Å². The molecule has 4 aromatic rings. The smallest absolute Gasteiger partial charge is 0.232 e. The summed E-state index contributed by atoms with van der Waals surface area (Å²) in [7, 11) is 1.85. The van der Waals surface area contributed by atoms with Gasteiger partial charge in [-0.2, -0.15) is 4.98 Å². The van der Waals surface area contributed by atoms with Gasteiger partial charge in [0.15, 0.2) is 5.82 Å². The first-order chi connectivity index (χ1) is 12.5. The number of hydrogen-bond donors (Lipinski definition) is 1. The Balaban J connectivity index is 2.04. The van der Waals surface area contributed by atoms with Crippen LogP contribution in [0.5, 0.6) is 0 Å². The van der Waals surface area contributed by atoms with Crippen molar-refractivity contribution in [2.45, 2.75) is 23.3 Å². The van der Waals surface area contributed by atoms with Crippen LogP contribution in [-0.2, 0) is 18.2 Å². The van der Waals surface area contributed by atoms with Crippen molar-refractivity contribution in [3.8, 4) is 22.1 Å². The molecular formula is C17H15N5OS3. The molecule has 0 aliphatic heterocycles. The predicted molar refractivity (Wildman–Crippen MR) is 107 cm³/mol. The number of aromatic nitrogens is 4. The van der Waals surface area contributed by atoms with Crippen molar-refractivity contribution in [3.05, 3.63) is 30.0 Å². The SMILES string of the molecule is CC(C)[S+]([O-])c1sc2nc(-c3nccs3)cc(-c3nc#cn3C)c2c1N. The number of hydrogen-bond acceptors (Lipinski definition) is 7. The van der Waals surface area contributed by atoms with Crippen molar-refractivity contribution in [1.82, 2.24) is 19.5 Å². The topological polar surface area (TPSA) is 92.7 Å². The molecule has 1 unspecified atom stereocenters. The lowest BCUT2D eigenvalue weighted by molar-refractivity contribution is 0.589. The second-order valence-electron chi connectivity index (χ2n) is 5.94. The van der Waals surface area contributed by atoms with E-state index in [1.807, 2.05) is 32.3 Å². The second-order valence-corrected chi connectivity index (χ2v) is 10.0. The Bertz CT molecular complexity index is 1070. The van der Waals surface area contributed by atoms with Crippen LogP contribution in [0, 0.1) is 12.4 Å². The maximum Gasteiger partial charge on any atom is 0.232 e. The van der Waals surface area contributed by atoms with Crippen molar-refractivity contribution >= 4 is 49.8 Å². The van der Waals surface area contributed by atoms with Crippen LogP contribution in [-0.4, -0.2) is 29.3 Å². The number of nitrogen functional groups attached to an aromatic ring is 1. The van der Waals surface area contributed by atoms with E-state index in [-0.39, 0.29) is 5.25 Å². The summed E-state index contributed by atoms with van der Waals surface area (Å²) in [5.41, 5.74) is 8.48. The van der Waals surface area contributed by atoms with Crippen LogP contribution in [0.15, 0.2) is 21.9 Å². The van der Waals surface area contributed by atoms with Crippen molar-refractivity contribution in [2.24, 2.45) is 7.05 Å². The van der Waals surface area contributed by atoms with Crippen LogP contribution in [0.2, 0.25) is 0 Å². The summed E-state index contributed by atoms with van der Waals surface area (Å²) in [6, 6.07) is 1.93. The number of pyridine rings is 1. The largest absolute Gasteiger partial charge is 0.611 e. The molecule has 0 aromatic carbocycles. The number of thiazole rings is 1. The molecule has 132 valence electrons. The van der Waals surface area contributed by atoms with Gasteiger partial charge in [-0.3, -0.25) is 4.57 Å². The third-order valence-corrected chi connectivity index (χ3v) is 7.74. The monoisotopic (exact) mass is 401 g/mol. The van der Waals surface area contributed by atoms with Gasteiger partial charge < -0.3 is 10.3 Å². The zero-order chi connectivity index (χ0) is 18.4. The molecule has 0 bridgehead atoms. The number of fused-ring (bicyclic) bond motifs is 1. The maximum absolute atomic E-state index is 12.7. The van der Waals surface area contributed by atoms with Crippen LogP contribution in [0.25, 0.3) is 32.3 Å². The molecule has 4 rings (SSSR count). The van der Waals surface area contributed by atoms with E-state index < -0.39 is 11.2 Å². The third-order valence-electron chi connectivity index (χ3n) is 3.87. The van der Waals surface area contributed by atoms with E-state index in [4.69, 9.17) is 10.7 Å². The summed E-state index contributed by atoms with van der Waals surface area (Å²) in [4.78, 5) is 14.1. The summed E-state index contributed by atoms with van der Waals surface area (Å²) in [5, 5.41) is 3.47. The lowest BCUT2D eigenvalue weighted by Crippen LogP contribution is -2.13. The van der Waals surface area contributed by atoms with Crippen molar-refractivity contribution in [1.29, 1.82) is 0 Å². The molecule has 26 heavy (non-hydrogen) atoms. The van der Waals surface area contributed by atoms with Crippen molar-refractivity contribution in [2.75, 3.05) is 5.73 Å². The Hall–Kier alpha value is -2.12. The molecule has 9 heteroatoms. The summed E-state index contributed by atoms with van der Waals surface area (Å²) in [6.45, 7) is 3.83. The summed E-state index contributed by atoms with van der Waals surface area (Å²) in [6.07, 6.45) is 7.39. The molecule has 0 radical (unpaired) electrons. The summed E-state index contributed by atoms with van der Waals surface area (Å²) in [5.74, 6) is 0.682. The molecule has 0 spiro atoms. The average molecular weight is 402 g/mol. The molecule has 4 heterocycles. The highest BCUT2D eigenvalue weighted by Crippen LogP contribution is 2.43. The normalized spacial score (nSPS) is 12.7. The van der Waals surface area contributed by atoms with Gasteiger partial charge in [0.05, 0.1) is 11.6 Å². The number of nitrogens with two attached hydrogens (primary N) is 1. The van der Waals surface area contributed by atoms with E-state index in [1.54, 1.807) is 10.8 Å². The van der Waals surface area contributed by atoms with E-state index in [0.29, 0.717) is 15.7 Å². The zero-order valence-corrected chi connectivity index (χ0v) is 16.8. The number of anilines is 1. The number of rotatable bonds is 4. The molecule has 6 nitrogen and oxygen atoms in total. The molecule has 0 fully saturated rings. The molecule has 0 aliphatic carbocycles. The van der Waals surface area contributed by atoms with Crippen LogP contribution < -0.4 is 5.73 Å². The van der Waals surface area contributed by atoms with Gasteiger partial charge in [0.1, 0.15) is 26.5 Å². The van der Waals surface area contributed by atoms with Gasteiger partial charge in [-0.25, -0.2) is 9.97 Å². The lowest BCUT2D eigenvalue weighted by Gasteiger charge is -2.12. The number of nitrogens with zero attached hydrogens (tertiary/aromatic N) is 4. The Morgan fingerprint density at radius 1 is 1.38 bits per heavy atom. The quantitative estimate of drug-likeness (QED) is 0.528. The minimum Gasteiger partial charge on any atom is -0.611 e. The zero-order valence-electron chi connectivity index (χ0n) is 14.3. The molecule has 4 aromatic heterocycles. The Kier molecular flexibility index (Phi) is 4.36. The lowest BCUT2D eigenvalue weighted by atomic mass is 10.1. The van der Waals surface area contributed by atoms with Crippen LogP contribution in [0.3, 0.4) is 0 Å². The van der Waals surface area contributed by atoms with Gasteiger partial charge in [0.25, 0.3) is 0 Å². The minimum absolute atomic E-state index is 0.0259. The molecular weight excluding hydrogens is 386 g/mol. The third kappa shape index (κ3) is 2.75. The Labute approximate surface area is 161 Å². The fourth-order valence-corrected chi connectivity index (χ4v) is 5.96. The highest BCUT2D eigenvalue weighted by atomic mass is 32.2. The van der Waals surface area contributed by atoms with Gasteiger partial charge in [-0.05, 0) is 19.9 Å². The van der Waals surface area contributed by atoms with Crippen LogP contribution in [0.4, 0.5) is 5.69 Å². The summed E-state index contributed by atoms with van der Waals surface area (Å²) >= 11 is 1.70. The van der Waals surface area contributed by atoms with E-state index in [0.717, 1.165) is 26.5 Å². The van der Waals surface area contributed by atoms with E-state index in [9.17, 15) is 4.55 Å². The average Bonchev–Trinajstić information content (AvgIpc) is 3.34. The minimum atomic E-state index is -1.19. The highest BCUT2D eigenvalue weighted by molar-refractivity contribution is 7.94. The van der Waals surface area contributed by atoms with E-state index in [2.05, 4.69) is 22.4 Å². The fraction of sp³-hybridized carbons (Fsp3) is 0.235. The highest BCUT2D eigenvalue weighted by Gasteiger charge is 2.27. The van der Waals surface area contributed by atoms with Gasteiger partial charge in [0.2, 0.25) is 4.21 Å². The summed E-state index contributed by atoms with van der Waals surface area (Å²) < 4.78 is 15.1. The van der Waals surface area contributed by atoms with Gasteiger partial charge in [-0.15, -0.1) is 11.3 Å². The Morgan fingerprint density at radius 3 is 2.81 bits per heavy atom. The fourth-order valence-electron chi connectivity index (χ4n) is 2.62. The second kappa shape index (κ2) is 6.55. The van der Waals surface area contributed by atoms with Gasteiger partial charge in [-0.1, -0.05) is 11.3 Å². The number of thiophene rings is 1. The Morgan fingerprint density at radius 2 is 2.19 bits per heavy atom. The standard InChI is InChI=1S/C17H15N5OS3/c1-9(2)26(23)17-13(18)12-10(14-19-4-6-22(14)3)8-11(21-16(12)25-17)15-20-5-7-24-15/h5,7-9H,18H2,1-3H3. The molecule has 0 amide bonds. The molecule has 1 atom stereocenters.